The highest BCUT2D eigenvalue weighted by molar-refractivity contribution is 5.32. The molecule has 0 bridgehead atoms. The summed E-state index contributed by atoms with van der Waals surface area (Å²) < 4.78 is 0. The number of nitrogens with one attached hydrogen (secondary N) is 1. The third-order valence-corrected chi connectivity index (χ3v) is 1.55. The highest BCUT2D eigenvalue weighted by Gasteiger charge is 1.91. The van der Waals surface area contributed by atoms with Crippen molar-refractivity contribution in [2.75, 3.05) is 0 Å². The summed E-state index contributed by atoms with van der Waals surface area (Å²) in [7, 11) is 0. The van der Waals surface area contributed by atoms with Crippen molar-refractivity contribution in [3.05, 3.63) is 17.0 Å². The van der Waals surface area contributed by atoms with Crippen molar-refractivity contribution in [3.8, 4) is 0 Å². The lowest BCUT2D eigenvalue weighted by atomic mass is 10.2. The molecule has 1 aromatic heterocycles. The largest absolute Gasteiger partial charge is 0.345 e. The van der Waals surface area contributed by atoms with E-state index in [-0.39, 0.29) is 0 Å². The molecule has 0 amide bonds. The molecule has 0 radical (unpaired) electrons. The van der Waals surface area contributed by atoms with Crippen molar-refractivity contribution in [1.29, 1.82) is 0 Å². The van der Waals surface area contributed by atoms with Crippen LogP contribution in [-0.2, 0) is 0 Å². The number of imidazole rings is 1. The maximum absolute atomic E-state index is 4.11. The first-order valence-electron chi connectivity index (χ1n) is 4.16. The van der Waals surface area contributed by atoms with Crippen LogP contribution in [0.25, 0.3) is 12.2 Å². The van der Waals surface area contributed by atoms with E-state index in [1.54, 1.807) is 6.33 Å². The van der Waals surface area contributed by atoms with Gasteiger partial charge in [-0.05, 0) is 12.8 Å². The van der Waals surface area contributed by atoms with E-state index in [2.05, 4.69) is 22.1 Å². The van der Waals surface area contributed by atoms with E-state index in [9.17, 15) is 0 Å². The Balaban J connectivity index is 0.000000281. The van der Waals surface area contributed by atoms with Gasteiger partial charge in [0.15, 0.2) is 0 Å². The van der Waals surface area contributed by atoms with Crippen molar-refractivity contribution in [2.45, 2.75) is 26.7 Å². The van der Waals surface area contributed by atoms with Gasteiger partial charge < -0.3 is 4.98 Å². The van der Waals surface area contributed by atoms with E-state index in [1.165, 1.54) is 5.35 Å². The van der Waals surface area contributed by atoms with Crippen molar-refractivity contribution in [1.82, 2.24) is 9.97 Å². The predicted molar refractivity (Wildman–Crippen MR) is 47.3 cm³/mol. The van der Waals surface area contributed by atoms with Gasteiger partial charge in [0.2, 0.25) is 0 Å². The molecule has 1 N–H and O–H groups in total. The van der Waals surface area contributed by atoms with E-state index in [0.717, 1.165) is 18.2 Å². The molecule has 2 nitrogen and oxygen atoms in total. The first-order valence-corrected chi connectivity index (χ1v) is 4.16. The van der Waals surface area contributed by atoms with Crippen molar-refractivity contribution < 1.29 is 0 Å². The Bertz CT molecular complexity index is 278. The molecule has 0 aromatic carbocycles. The first kappa shape index (κ1) is 8.05. The number of H-pyrrole nitrogens is 1. The Morgan fingerprint density at radius 1 is 1.27 bits per heavy atom. The molecule has 0 saturated carbocycles. The van der Waals surface area contributed by atoms with Crippen LogP contribution in [0.4, 0.5) is 0 Å². The van der Waals surface area contributed by atoms with E-state index < -0.39 is 0 Å². The minimum atomic E-state index is 1.11. The molecule has 1 aliphatic rings. The third-order valence-electron chi connectivity index (χ3n) is 1.55. The fourth-order valence-electron chi connectivity index (χ4n) is 1.09. The van der Waals surface area contributed by atoms with Crippen LogP contribution in [0.3, 0.4) is 0 Å². The summed E-state index contributed by atoms with van der Waals surface area (Å²) >= 11 is 0. The van der Waals surface area contributed by atoms with E-state index in [0.29, 0.717) is 0 Å². The molecule has 2 rings (SSSR count). The zero-order valence-corrected chi connectivity index (χ0v) is 7.09. The van der Waals surface area contributed by atoms with Gasteiger partial charge in [-0.1, -0.05) is 26.0 Å². The average molecular weight is 150 g/mol. The monoisotopic (exact) mass is 150 g/mol. The molecular formula is C9H14N2. The number of rotatable bonds is 0. The molecule has 0 unspecified atom stereocenters. The molecule has 11 heavy (non-hydrogen) atoms. The van der Waals surface area contributed by atoms with Crippen LogP contribution in [0.5, 0.6) is 0 Å². The SMILES string of the molecule is C1=c2nc[nH]c2=CCC1.CC. The quantitative estimate of drug-likeness (QED) is 0.582. The lowest BCUT2D eigenvalue weighted by molar-refractivity contribution is 1.09. The average Bonchev–Trinajstić information content (AvgIpc) is 2.55. The molecule has 60 valence electrons. The van der Waals surface area contributed by atoms with Gasteiger partial charge in [0.25, 0.3) is 0 Å². The normalized spacial score (nSPS) is 13.3. The number of hydrogen-bond donors (Lipinski definition) is 1. The molecule has 1 aromatic rings. The summed E-state index contributed by atoms with van der Waals surface area (Å²) in [6.45, 7) is 4.00. The minimum Gasteiger partial charge on any atom is -0.345 e. The van der Waals surface area contributed by atoms with Gasteiger partial charge in [0, 0.05) is 0 Å². The molecule has 0 atom stereocenters. The van der Waals surface area contributed by atoms with Crippen molar-refractivity contribution in [2.24, 2.45) is 0 Å². The van der Waals surface area contributed by atoms with Gasteiger partial charge in [0.1, 0.15) is 0 Å². The third kappa shape index (κ3) is 1.70. The van der Waals surface area contributed by atoms with E-state index >= 15 is 0 Å². The molecule has 0 fully saturated rings. The van der Waals surface area contributed by atoms with Crippen LogP contribution in [0.1, 0.15) is 26.7 Å². The zero-order valence-electron chi connectivity index (χ0n) is 7.09. The van der Waals surface area contributed by atoms with Gasteiger partial charge in [0.05, 0.1) is 17.0 Å². The first-order chi connectivity index (χ1) is 5.47. The van der Waals surface area contributed by atoms with Crippen LogP contribution in [-0.4, -0.2) is 9.97 Å². The zero-order chi connectivity index (χ0) is 8.10. The van der Waals surface area contributed by atoms with Crippen LogP contribution < -0.4 is 10.7 Å². The summed E-state index contributed by atoms with van der Waals surface area (Å²) in [6.07, 6.45) is 8.37. The Hall–Kier alpha value is -1.05. The van der Waals surface area contributed by atoms with Gasteiger partial charge in [-0.2, -0.15) is 0 Å². The standard InChI is InChI=1S/C7H8N2.C2H6/c1-2-4-7-6(3-1)8-5-9-7;1-2/h3-5H,1-2H2,(H,8,9);1-2H3. The Kier molecular flexibility index (Phi) is 2.90. The second-order valence-corrected chi connectivity index (χ2v) is 2.19. The summed E-state index contributed by atoms with van der Waals surface area (Å²) in [5.41, 5.74) is 0. The number of nitrogens with zero attached hydrogens (tertiary/aromatic N) is 1. The Labute approximate surface area is 66.7 Å². The highest BCUT2D eigenvalue weighted by atomic mass is 14.8. The second-order valence-electron chi connectivity index (χ2n) is 2.19. The van der Waals surface area contributed by atoms with Gasteiger partial charge >= 0.3 is 0 Å². The second kappa shape index (κ2) is 3.96. The smallest absolute Gasteiger partial charge is 0.0931 e. The number of aromatic amines is 1. The van der Waals surface area contributed by atoms with Crippen LogP contribution >= 0.6 is 0 Å². The van der Waals surface area contributed by atoms with Gasteiger partial charge in [-0.3, -0.25) is 0 Å². The summed E-state index contributed by atoms with van der Waals surface area (Å²) in [6, 6.07) is 0. The molecule has 0 spiro atoms. The minimum absolute atomic E-state index is 1.11. The molecule has 1 heterocycles. The van der Waals surface area contributed by atoms with Crippen LogP contribution in [0.15, 0.2) is 6.33 Å². The lowest BCUT2D eigenvalue weighted by Crippen LogP contribution is -2.26. The maximum atomic E-state index is 4.11. The topological polar surface area (TPSA) is 28.7 Å². The van der Waals surface area contributed by atoms with E-state index in [4.69, 9.17) is 0 Å². The van der Waals surface area contributed by atoms with Crippen molar-refractivity contribution in [3.63, 3.8) is 0 Å². The maximum Gasteiger partial charge on any atom is 0.0931 e. The van der Waals surface area contributed by atoms with Gasteiger partial charge in [-0.25, -0.2) is 4.98 Å². The number of hydrogen-bond acceptors (Lipinski definition) is 1. The molecule has 0 aliphatic heterocycles. The van der Waals surface area contributed by atoms with Crippen LogP contribution in [0.2, 0.25) is 0 Å². The Morgan fingerprint density at radius 2 is 2.00 bits per heavy atom. The fraction of sp³-hybridized carbons (Fsp3) is 0.444. The van der Waals surface area contributed by atoms with Gasteiger partial charge in [-0.15, -0.1) is 0 Å². The number of aromatic nitrogens is 2. The van der Waals surface area contributed by atoms with Crippen molar-refractivity contribution >= 4 is 12.2 Å². The number of fused-ring (bicyclic) bond motifs is 1. The summed E-state index contributed by atoms with van der Waals surface area (Å²) in [5.74, 6) is 0. The summed E-state index contributed by atoms with van der Waals surface area (Å²) in [5, 5.41) is 2.29. The van der Waals surface area contributed by atoms with E-state index in [1.807, 2.05) is 13.8 Å². The molecule has 0 saturated heterocycles. The summed E-state index contributed by atoms with van der Waals surface area (Å²) in [4.78, 5) is 7.17. The lowest BCUT2D eigenvalue weighted by Gasteiger charge is -1.89. The molecule has 2 heteroatoms. The fourth-order valence-corrected chi connectivity index (χ4v) is 1.09. The predicted octanol–water partition coefficient (Wildman–Crippen LogP) is 0.791. The van der Waals surface area contributed by atoms with Crippen LogP contribution in [0, 0.1) is 0 Å². The Morgan fingerprint density at radius 3 is 2.73 bits per heavy atom. The highest BCUT2D eigenvalue weighted by Crippen LogP contribution is 1.91. The molecule has 1 aliphatic carbocycles. The molecular weight excluding hydrogens is 136 g/mol.